The van der Waals surface area contributed by atoms with Crippen LogP contribution in [0.15, 0.2) is 42.5 Å². The van der Waals surface area contributed by atoms with Gasteiger partial charge in [-0.1, -0.05) is 35.4 Å². The Balaban J connectivity index is 2.32. The Morgan fingerprint density at radius 3 is 2.53 bits per heavy atom. The number of hydrogen-bond donors (Lipinski definition) is 1. The Labute approximate surface area is 112 Å². The second kappa shape index (κ2) is 4.39. The number of fused-ring (bicyclic) bond motifs is 1. The van der Waals surface area contributed by atoms with Gasteiger partial charge >= 0.3 is 0 Å². The van der Waals surface area contributed by atoms with Gasteiger partial charge in [0.1, 0.15) is 0 Å². The molecule has 3 aromatic rings. The zero-order valence-electron chi connectivity index (χ0n) is 11.0. The molecule has 2 aromatic carbocycles. The molecule has 0 fully saturated rings. The van der Waals surface area contributed by atoms with Crippen molar-refractivity contribution in [2.45, 2.75) is 13.8 Å². The molecule has 1 heterocycles. The lowest BCUT2D eigenvalue weighted by Crippen LogP contribution is -1.85. The van der Waals surface area contributed by atoms with Gasteiger partial charge in [-0.3, -0.25) is 4.79 Å². The Hall–Kier alpha value is -2.35. The predicted octanol–water partition coefficient (Wildman–Crippen LogP) is 4.26. The van der Waals surface area contributed by atoms with Crippen LogP contribution in [-0.4, -0.2) is 11.3 Å². The van der Waals surface area contributed by atoms with E-state index in [1.165, 1.54) is 5.56 Å². The summed E-state index contributed by atoms with van der Waals surface area (Å²) in [6.07, 6.45) is 0.940. The molecule has 0 atom stereocenters. The summed E-state index contributed by atoms with van der Waals surface area (Å²) in [5.41, 5.74) is 6.04. The summed E-state index contributed by atoms with van der Waals surface area (Å²) in [4.78, 5) is 14.8. The van der Waals surface area contributed by atoms with Crippen molar-refractivity contribution in [3.05, 3.63) is 59.2 Å². The minimum atomic E-state index is 0.740. The van der Waals surface area contributed by atoms with Gasteiger partial charge in [0.15, 0.2) is 6.29 Å². The molecular weight excluding hydrogens is 234 g/mol. The molecule has 0 unspecified atom stereocenters. The van der Waals surface area contributed by atoms with Crippen molar-refractivity contribution < 1.29 is 4.79 Å². The Bertz CT molecular complexity index is 768. The molecule has 3 rings (SSSR count). The molecule has 0 amide bonds. The fourth-order valence-electron chi connectivity index (χ4n) is 2.48. The highest BCUT2D eigenvalue weighted by Crippen LogP contribution is 2.30. The number of aromatic nitrogens is 1. The number of aldehydes is 1. The van der Waals surface area contributed by atoms with Gasteiger partial charge in [-0.2, -0.15) is 0 Å². The number of carbonyl (C=O) groups excluding carboxylic acids is 1. The van der Waals surface area contributed by atoms with Gasteiger partial charge in [-0.15, -0.1) is 0 Å². The maximum absolute atomic E-state index is 11.5. The summed E-state index contributed by atoms with van der Waals surface area (Å²) >= 11 is 0. The Morgan fingerprint density at radius 1 is 1.00 bits per heavy atom. The standard InChI is InChI=1S/C17H15NO/c1-11-4-3-5-13(8-11)17-15(10-19)14-9-12(2)6-7-16(14)18-17/h3-10,18H,1-2H3. The van der Waals surface area contributed by atoms with E-state index in [-0.39, 0.29) is 0 Å². The van der Waals surface area contributed by atoms with Crippen LogP contribution in [0.5, 0.6) is 0 Å². The largest absolute Gasteiger partial charge is 0.354 e. The maximum Gasteiger partial charge on any atom is 0.152 e. The van der Waals surface area contributed by atoms with Crippen molar-refractivity contribution in [1.82, 2.24) is 4.98 Å². The molecule has 0 saturated carbocycles. The number of rotatable bonds is 2. The van der Waals surface area contributed by atoms with Crippen LogP contribution >= 0.6 is 0 Å². The summed E-state index contributed by atoms with van der Waals surface area (Å²) in [5.74, 6) is 0. The van der Waals surface area contributed by atoms with Gasteiger partial charge < -0.3 is 4.98 Å². The van der Waals surface area contributed by atoms with Gasteiger partial charge in [0.25, 0.3) is 0 Å². The Morgan fingerprint density at radius 2 is 1.79 bits per heavy atom. The smallest absolute Gasteiger partial charge is 0.152 e. The predicted molar refractivity (Wildman–Crippen MR) is 78.6 cm³/mol. The zero-order valence-corrected chi connectivity index (χ0v) is 11.0. The van der Waals surface area contributed by atoms with Crippen molar-refractivity contribution in [2.24, 2.45) is 0 Å². The quantitative estimate of drug-likeness (QED) is 0.676. The summed E-state index contributed by atoms with van der Waals surface area (Å²) in [6.45, 7) is 4.09. The summed E-state index contributed by atoms with van der Waals surface area (Å²) in [5, 5.41) is 0.992. The highest BCUT2D eigenvalue weighted by atomic mass is 16.1. The molecule has 0 aliphatic heterocycles. The first-order chi connectivity index (χ1) is 9.19. The summed E-state index contributed by atoms with van der Waals surface area (Å²) in [6, 6.07) is 14.3. The number of H-pyrrole nitrogens is 1. The van der Waals surface area contributed by atoms with Gasteiger partial charge in [-0.25, -0.2) is 0 Å². The lowest BCUT2D eigenvalue weighted by atomic mass is 10.0. The molecule has 0 radical (unpaired) electrons. The normalized spacial score (nSPS) is 10.8. The third kappa shape index (κ3) is 1.95. The molecule has 0 aliphatic carbocycles. The maximum atomic E-state index is 11.5. The van der Waals surface area contributed by atoms with Crippen LogP contribution in [0.4, 0.5) is 0 Å². The average Bonchev–Trinajstić information content (AvgIpc) is 2.76. The molecule has 2 nitrogen and oxygen atoms in total. The molecule has 0 aliphatic rings. The second-order valence-corrected chi connectivity index (χ2v) is 4.95. The van der Waals surface area contributed by atoms with Gasteiger partial charge in [0, 0.05) is 16.5 Å². The van der Waals surface area contributed by atoms with E-state index in [2.05, 4.69) is 30.1 Å². The molecule has 1 aromatic heterocycles. The fraction of sp³-hybridized carbons (Fsp3) is 0.118. The average molecular weight is 249 g/mol. The van der Waals surface area contributed by atoms with Gasteiger partial charge in [-0.05, 0) is 37.6 Å². The molecule has 19 heavy (non-hydrogen) atoms. The van der Waals surface area contributed by atoms with E-state index < -0.39 is 0 Å². The van der Waals surface area contributed by atoms with Gasteiger partial charge in [0.2, 0.25) is 0 Å². The first-order valence-corrected chi connectivity index (χ1v) is 6.33. The van der Waals surface area contributed by atoms with Crippen molar-refractivity contribution in [3.63, 3.8) is 0 Å². The van der Waals surface area contributed by atoms with Crippen LogP contribution in [0.1, 0.15) is 21.5 Å². The van der Waals surface area contributed by atoms with E-state index in [1.807, 2.05) is 31.2 Å². The number of nitrogens with one attached hydrogen (secondary N) is 1. The van der Waals surface area contributed by atoms with Crippen LogP contribution in [0.3, 0.4) is 0 Å². The summed E-state index contributed by atoms with van der Waals surface area (Å²) in [7, 11) is 0. The lowest BCUT2D eigenvalue weighted by molar-refractivity contribution is 0.112. The molecule has 94 valence electrons. The van der Waals surface area contributed by atoms with E-state index in [9.17, 15) is 4.79 Å². The van der Waals surface area contributed by atoms with Crippen LogP contribution in [0, 0.1) is 13.8 Å². The van der Waals surface area contributed by atoms with E-state index >= 15 is 0 Å². The minimum Gasteiger partial charge on any atom is -0.354 e. The van der Waals surface area contributed by atoms with Gasteiger partial charge in [0.05, 0.1) is 5.69 Å². The molecule has 0 bridgehead atoms. The zero-order chi connectivity index (χ0) is 13.4. The number of hydrogen-bond acceptors (Lipinski definition) is 1. The SMILES string of the molecule is Cc1cccc(-c2[nH]c3ccc(C)cc3c2C=O)c1. The molecule has 2 heteroatoms. The number of aryl methyl sites for hydroxylation is 2. The van der Waals surface area contributed by atoms with Crippen molar-refractivity contribution in [1.29, 1.82) is 0 Å². The summed E-state index contributed by atoms with van der Waals surface area (Å²) < 4.78 is 0. The first kappa shape index (κ1) is 11.7. The van der Waals surface area contributed by atoms with Crippen LogP contribution in [-0.2, 0) is 0 Å². The number of carbonyl (C=O) groups is 1. The van der Waals surface area contributed by atoms with E-state index in [0.29, 0.717) is 0 Å². The van der Waals surface area contributed by atoms with E-state index in [4.69, 9.17) is 0 Å². The van der Waals surface area contributed by atoms with E-state index in [1.54, 1.807) is 0 Å². The highest BCUT2D eigenvalue weighted by Gasteiger charge is 2.12. The Kier molecular flexibility index (Phi) is 2.71. The highest BCUT2D eigenvalue weighted by molar-refractivity contribution is 6.04. The third-order valence-corrected chi connectivity index (χ3v) is 3.42. The monoisotopic (exact) mass is 249 g/mol. The molecule has 1 N–H and O–H groups in total. The van der Waals surface area contributed by atoms with Crippen LogP contribution in [0.2, 0.25) is 0 Å². The molecule has 0 saturated heterocycles. The van der Waals surface area contributed by atoms with E-state index in [0.717, 1.165) is 39.6 Å². The topological polar surface area (TPSA) is 32.9 Å². The minimum absolute atomic E-state index is 0.740. The number of aromatic amines is 1. The third-order valence-electron chi connectivity index (χ3n) is 3.42. The van der Waals surface area contributed by atoms with Crippen LogP contribution in [0.25, 0.3) is 22.2 Å². The lowest BCUT2D eigenvalue weighted by Gasteiger charge is -2.01. The van der Waals surface area contributed by atoms with Crippen molar-refractivity contribution in [3.8, 4) is 11.3 Å². The fourth-order valence-corrected chi connectivity index (χ4v) is 2.48. The molecule has 0 spiro atoms. The second-order valence-electron chi connectivity index (χ2n) is 4.95. The van der Waals surface area contributed by atoms with Crippen molar-refractivity contribution >= 4 is 17.2 Å². The molecular formula is C17H15NO. The number of benzene rings is 2. The first-order valence-electron chi connectivity index (χ1n) is 6.33. The van der Waals surface area contributed by atoms with Crippen molar-refractivity contribution in [2.75, 3.05) is 0 Å². The van der Waals surface area contributed by atoms with Crippen LogP contribution < -0.4 is 0 Å².